The zero-order chi connectivity index (χ0) is 31.0. The molecule has 1 amide bonds. The molecule has 2 aromatic carbocycles. The lowest BCUT2D eigenvalue weighted by molar-refractivity contribution is -0.194. The molecule has 1 aliphatic rings. The number of hydrogen-bond acceptors (Lipinski definition) is 6. The lowest BCUT2D eigenvalue weighted by Gasteiger charge is -2.30. The average molecular weight is 614 g/mol. The molecule has 0 bridgehead atoms. The molecule has 5 rings (SSSR count). The Labute approximate surface area is 249 Å². The zero-order valence-electron chi connectivity index (χ0n) is 24.2. The smallest absolute Gasteiger partial charge is 0.355 e. The number of aromatic nitrogens is 3. The van der Waals surface area contributed by atoms with Crippen LogP contribution in [0.25, 0.3) is 10.9 Å². The first kappa shape index (κ1) is 30.7. The van der Waals surface area contributed by atoms with Crippen molar-refractivity contribution in [2.75, 3.05) is 20.6 Å². The molecular formula is C31H34F3N5O3S. The van der Waals surface area contributed by atoms with E-state index in [0.29, 0.717) is 22.9 Å². The van der Waals surface area contributed by atoms with Gasteiger partial charge in [0.25, 0.3) is 10.0 Å². The van der Waals surface area contributed by atoms with Gasteiger partial charge in [0.2, 0.25) is 5.91 Å². The molecule has 1 aliphatic carbocycles. The minimum absolute atomic E-state index is 0.00492. The first-order valence-corrected chi connectivity index (χ1v) is 15.4. The van der Waals surface area contributed by atoms with E-state index in [2.05, 4.69) is 15.4 Å². The van der Waals surface area contributed by atoms with E-state index in [1.165, 1.54) is 18.6 Å². The van der Waals surface area contributed by atoms with Crippen LogP contribution in [0.2, 0.25) is 0 Å². The van der Waals surface area contributed by atoms with Crippen LogP contribution >= 0.6 is 0 Å². The standard InChI is InChI=1S/C31H34F3N5O3S/c1-21-6-9-26(10-7-21)43(41,42)39-28-11-8-22(15-24(28)19-37-39)16-25(38(2)3)20-36-29(40)17-27(23-5-4-14-35-18-23)30(12-13-30)31(32,33)34/h4-11,14-15,18-19,25,27H,12-13,16-17,20H2,1-3H3,(H,36,40)/t25-,27+/m0/s1. The monoisotopic (exact) mass is 613 g/mol. The number of amides is 1. The van der Waals surface area contributed by atoms with E-state index in [4.69, 9.17) is 0 Å². The molecule has 2 atom stereocenters. The Kier molecular flexibility index (Phi) is 8.36. The van der Waals surface area contributed by atoms with E-state index in [1.54, 1.807) is 42.5 Å². The van der Waals surface area contributed by atoms with Gasteiger partial charge in [-0.3, -0.25) is 9.78 Å². The second-order valence-electron chi connectivity index (χ2n) is 11.5. The number of alkyl halides is 3. The third kappa shape index (κ3) is 6.30. The second-order valence-corrected chi connectivity index (χ2v) is 13.3. The largest absolute Gasteiger partial charge is 0.395 e. The Morgan fingerprint density at radius 2 is 1.81 bits per heavy atom. The minimum atomic E-state index is -4.41. The van der Waals surface area contributed by atoms with Crippen molar-refractivity contribution in [3.8, 4) is 0 Å². The number of nitrogens with one attached hydrogen (secondary N) is 1. The van der Waals surface area contributed by atoms with Crippen molar-refractivity contribution in [3.63, 3.8) is 0 Å². The van der Waals surface area contributed by atoms with E-state index in [9.17, 15) is 26.4 Å². The Bertz CT molecular complexity index is 1700. The Morgan fingerprint density at radius 1 is 1.09 bits per heavy atom. The molecule has 0 unspecified atom stereocenters. The maximum atomic E-state index is 14.0. The third-order valence-electron chi connectivity index (χ3n) is 8.38. The molecular weight excluding hydrogens is 579 g/mol. The maximum Gasteiger partial charge on any atom is 0.395 e. The van der Waals surface area contributed by atoms with Crippen LogP contribution in [0.5, 0.6) is 0 Å². The van der Waals surface area contributed by atoms with Gasteiger partial charge < -0.3 is 10.2 Å². The molecule has 228 valence electrons. The highest BCUT2D eigenvalue weighted by molar-refractivity contribution is 7.90. The van der Waals surface area contributed by atoms with E-state index in [-0.39, 0.29) is 36.7 Å². The van der Waals surface area contributed by atoms with Gasteiger partial charge in [-0.25, -0.2) is 0 Å². The Balaban J connectivity index is 1.28. The highest BCUT2D eigenvalue weighted by Gasteiger charge is 2.67. The number of rotatable bonds is 11. The third-order valence-corrected chi connectivity index (χ3v) is 9.99. The predicted molar refractivity (Wildman–Crippen MR) is 157 cm³/mol. The van der Waals surface area contributed by atoms with Crippen LogP contribution in [-0.2, 0) is 21.2 Å². The number of likely N-dealkylation sites (N-methyl/N-ethyl adjacent to an activating group) is 1. The molecule has 0 radical (unpaired) electrons. The number of carbonyl (C=O) groups excluding carboxylic acids is 1. The molecule has 8 nitrogen and oxygen atoms in total. The molecule has 12 heteroatoms. The summed E-state index contributed by atoms with van der Waals surface area (Å²) >= 11 is 0. The Hall–Kier alpha value is -3.77. The van der Waals surface area contributed by atoms with Crippen molar-refractivity contribution in [2.45, 2.75) is 55.6 Å². The summed E-state index contributed by atoms with van der Waals surface area (Å²) in [5, 5.41) is 7.66. The number of pyridine rings is 1. The summed E-state index contributed by atoms with van der Waals surface area (Å²) in [4.78, 5) is 19.1. The molecule has 0 spiro atoms. The van der Waals surface area contributed by atoms with Crippen molar-refractivity contribution in [2.24, 2.45) is 5.41 Å². The summed E-state index contributed by atoms with van der Waals surface area (Å²) in [6.07, 6.45) is 0.223. The highest BCUT2D eigenvalue weighted by Crippen LogP contribution is 2.66. The number of fused-ring (bicyclic) bond motifs is 1. The van der Waals surface area contributed by atoms with Crippen molar-refractivity contribution in [3.05, 3.63) is 89.9 Å². The van der Waals surface area contributed by atoms with Gasteiger partial charge in [0.05, 0.1) is 22.0 Å². The topological polar surface area (TPSA) is 97.2 Å². The van der Waals surface area contributed by atoms with Gasteiger partial charge in [0.15, 0.2) is 0 Å². The van der Waals surface area contributed by atoms with Crippen LogP contribution in [-0.4, -0.2) is 66.3 Å². The summed E-state index contributed by atoms with van der Waals surface area (Å²) in [5.41, 5.74) is 0.798. The summed E-state index contributed by atoms with van der Waals surface area (Å²) < 4.78 is 69.5. The van der Waals surface area contributed by atoms with Gasteiger partial charge in [-0.05, 0) is 81.7 Å². The zero-order valence-corrected chi connectivity index (χ0v) is 25.0. The fourth-order valence-corrected chi connectivity index (χ4v) is 6.84. The van der Waals surface area contributed by atoms with Crippen molar-refractivity contribution in [1.82, 2.24) is 24.4 Å². The van der Waals surface area contributed by atoms with E-state index >= 15 is 0 Å². The molecule has 2 heterocycles. The first-order chi connectivity index (χ1) is 20.3. The number of carbonyl (C=O) groups is 1. The van der Waals surface area contributed by atoms with Crippen LogP contribution in [0.3, 0.4) is 0 Å². The quantitative estimate of drug-likeness (QED) is 0.254. The van der Waals surface area contributed by atoms with E-state index < -0.39 is 33.4 Å². The fourth-order valence-electron chi connectivity index (χ4n) is 5.56. The summed E-state index contributed by atoms with van der Waals surface area (Å²) in [7, 11) is -0.149. The summed E-state index contributed by atoms with van der Waals surface area (Å²) in [6.45, 7) is 2.10. The lowest BCUT2D eigenvalue weighted by Crippen LogP contribution is -2.42. The highest BCUT2D eigenvalue weighted by atomic mass is 32.2. The molecule has 1 N–H and O–H groups in total. The molecule has 0 aliphatic heterocycles. The molecule has 43 heavy (non-hydrogen) atoms. The number of aryl methyl sites for hydroxylation is 1. The van der Waals surface area contributed by atoms with Gasteiger partial charge in [0, 0.05) is 42.7 Å². The molecule has 4 aromatic rings. The number of nitrogens with zero attached hydrogens (tertiary/aromatic N) is 4. The first-order valence-electron chi connectivity index (χ1n) is 14.0. The van der Waals surface area contributed by atoms with Gasteiger partial charge in [0.1, 0.15) is 0 Å². The number of halogens is 3. The van der Waals surface area contributed by atoms with Gasteiger partial charge >= 0.3 is 6.18 Å². The molecule has 1 saturated carbocycles. The van der Waals surface area contributed by atoms with Gasteiger partial charge in [-0.15, -0.1) is 0 Å². The van der Waals surface area contributed by atoms with Gasteiger partial charge in [-0.2, -0.15) is 30.8 Å². The molecule has 2 aromatic heterocycles. The normalized spacial score (nSPS) is 16.3. The minimum Gasteiger partial charge on any atom is -0.355 e. The van der Waals surface area contributed by atoms with E-state index in [0.717, 1.165) is 15.2 Å². The SMILES string of the molecule is Cc1ccc(S(=O)(=O)n2ncc3cc(C[C@@H](CNC(=O)C[C@H](c4cccnc4)C4(C(F)(F)F)CC4)N(C)C)ccc32)cc1. The van der Waals surface area contributed by atoms with Crippen LogP contribution in [0, 0.1) is 12.3 Å². The van der Waals surface area contributed by atoms with E-state index in [1.807, 2.05) is 38.1 Å². The van der Waals surface area contributed by atoms with Crippen LogP contribution in [0.15, 0.2) is 78.1 Å². The lowest BCUT2D eigenvalue weighted by atomic mass is 9.80. The van der Waals surface area contributed by atoms with Crippen molar-refractivity contribution < 1.29 is 26.4 Å². The Morgan fingerprint density at radius 3 is 2.42 bits per heavy atom. The molecule has 1 fully saturated rings. The second kappa shape index (κ2) is 11.7. The van der Waals surface area contributed by atoms with Gasteiger partial charge in [-0.1, -0.05) is 29.8 Å². The average Bonchev–Trinajstić information content (AvgIpc) is 3.67. The molecule has 0 saturated heterocycles. The van der Waals surface area contributed by atoms with Crippen molar-refractivity contribution >= 4 is 26.8 Å². The predicted octanol–water partition coefficient (Wildman–Crippen LogP) is 5.08. The van der Waals surface area contributed by atoms with Crippen LogP contribution in [0.4, 0.5) is 13.2 Å². The summed E-state index contributed by atoms with van der Waals surface area (Å²) in [5.74, 6) is -1.46. The number of benzene rings is 2. The summed E-state index contributed by atoms with van der Waals surface area (Å²) in [6, 6.07) is 15.0. The van der Waals surface area contributed by atoms with Crippen LogP contribution < -0.4 is 5.32 Å². The van der Waals surface area contributed by atoms with Crippen molar-refractivity contribution in [1.29, 1.82) is 0 Å². The maximum absolute atomic E-state index is 14.0. The number of hydrogen-bond donors (Lipinski definition) is 1. The fraction of sp³-hybridized carbons (Fsp3) is 0.387. The van der Waals surface area contributed by atoms with Crippen LogP contribution in [0.1, 0.15) is 41.9 Å².